The molecule has 2 fully saturated rings. The highest BCUT2D eigenvalue weighted by atomic mass is 32.1. The first-order valence-corrected chi connectivity index (χ1v) is 11.1. The Morgan fingerprint density at radius 3 is 2.71 bits per heavy atom. The molecule has 1 saturated carbocycles. The molecule has 0 radical (unpaired) electrons. The Labute approximate surface area is 168 Å². The minimum absolute atomic E-state index is 0.148. The van der Waals surface area contributed by atoms with Gasteiger partial charge in [-0.05, 0) is 39.2 Å². The highest BCUT2D eigenvalue weighted by molar-refractivity contribution is 7.09. The van der Waals surface area contributed by atoms with Crippen LogP contribution in [0.25, 0.3) is 0 Å². The van der Waals surface area contributed by atoms with Crippen molar-refractivity contribution in [2.45, 2.75) is 76.7 Å². The van der Waals surface area contributed by atoms with Crippen LogP contribution in [0.3, 0.4) is 0 Å². The largest absolute Gasteiger partial charge is 0.434 e. The highest BCUT2D eigenvalue weighted by Gasteiger charge is 2.33. The van der Waals surface area contributed by atoms with Gasteiger partial charge in [-0.15, -0.1) is 11.3 Å². The van der Waals surface area contributed by atoms with Crippen LogP contribution >= 0.6 is 11.3 Å². The number of aromatic nitrogens is 1. The summed E-state index contributed by atoms with van der Waals surface area (Å²) in [6.45, 7) is 5.00. The molecule has 0 aromatic carbocycles. The average molecular weight is 418 g/mol. The Kier molecular flexibility index (Phi) is 7.56. The molecule has 0 amide bonds. The zero-order valence-electron chi connectivity index (χ0n) is 16.4. The van der Waals surface area contributed by atoms with Gasteiger partial charge in [0.05, 0.1) is 6.54 Å². The number of nitrogens with zero attached hydrogens (tertiary/aromatic N) is 3. The summed E-state index contributed by atoms with van der Waals surface area (Å²) in [6, 6.07) is 1.02. The van der Waals surface area contributed by atoms with E-state index >= 15 is 0 Å². The first-order valence-electron chi connectivity index (χ1n) is 10.3. The van der Waals surface area contributed by atoms with Crippen LogP contribution in [-0.2, 0) is 12.7 Å². The molecule has 2 heterocycles. The quantitative estimate of drug-likeness (QED) is 0.561. The van der Waals surface area contributed by atoms with Gasteiger partial charge in [0.15, 0.2) is 11.7 Å². The number of aliphatic imine (C=N–C) groups is 1. The monoisotopic (exact) mass is 417 g/mol. The lowest BCUT2D eigenvalue weighted by molar-refractivity contribution is -0.140. The van der Waals surface area contributed by atoms with Crippen molar-refractivity contribution in [2.75, 3.05) is 19.6 Å². The van der Waals surface area contributed by atoms with E-state index < -0.39 is 11.9 Å². The van der Waals surface area contributed by atoms with Crippen LogP contribution in [0.2, 0.25) is 0 Å². The topological polar surface area (TPSA) is 52.6 Å². The van der Waals surface area contributed by atoms with Gasteiger partial charge in [0.2, 0.25) is 0 Å². The van der Waals surface area contributed by atoms with Crippen molar-refractivity contribution in [3.63, 3.8) is 0 Å². The number of likely N-dealkylation sites (tertiary alicyclic amines) is 1. The minimum atomic E-state index is -4.40. The Bertz CT molecular complexity index is 640. The normalized spacial score (nSPS) is 23.0. The molecule has 9 heteroatoms. The third-order valence-corrected chi connectivity index (χ3v) is 6.28. The lowest BCUT2D eigenvalue weighted by Gasteiger charge is -2.40. The predicted octanol–water partition coefficient (Wildman–Crippen LogP) is 4.01. The van der Waals surface area contributed by atoms with Crippen molar-refractivity contribution in [2.24, 2.45) is 4.99 Å². The summed E-state index contributed by atoms with van der Waals surface area (Å²) >= 11 is 1.000. The van der Waals surface area contributed by atoms with Gasteiger partial charge >= 0.3 is 6.18 Å². The van der Waals surface area contributed by atoms with Gasteiger partial charge in [-0.25, -0.2) is 9.98 Å². The third kappa shape index (κ3) is 6.07. The number of thiazole rings is 1. The van der Waals surface area contributed by atoms with E-state index in [2.05, 4.69) is 25.5 Å². The van der Waals surface area contributed by atoms with Gasteiger partial charge in [0, 0.05) is 30.6 Å². The van der Waals surface area contributed by atoms with E-state index in [0.29, 0.717) is 29.6 Å². The highest BCUT2D eigenvalue weighted by Crippen LogP contribution is 2.30. The number of piperidine rings is 1. The molecule has 2 N–H and O–H groups in total. The Morgan fingerprint density at radius 1 is 1.25 bits per heavy atom. The van der Waals surface area contributed by atoms with Crippen LogP contribution in [0.15, 0.2) is 10.4 Å². The number of guanidine groups is 1. The summed E-state index contributed by atoms with van der Waals surface area (Å²) in [7, 11) is 0. The number of hydrogen-bond donors (Lipinski definition) is 2. The second kappa shape index (κ2) is 9.91. The Hall–Kier alpha value is -1.35. The Balaban J connectivity index is 1.57. The molecule has 1 aliphatic heterocycles. The molecular weight excluding hydrogens is 387 g/mol. The van der Waals surface area contributed by atoms with Crippen molar-refractivity contribution in [3.05, 3.63) is 16.1 Å². The number of rotatable bonds is 5. The van der Waals surface area contributed by atoms with Gasteiger partial charge in [0.1, 0.15) is 5.01 Å². The van der Waals surface area contributed by atoms with E-state index in [9.17, 15) is 13.2 Å². The first-order chi connectivity index (χ1) is 13.5. The van der Waals surface area contributed by atoms with Gasteiger partial charge in [0.25, 0.3) is 0 Å². The molecule has 1 saturated heterocycles. The molecular formula is C19H30F3N5S. The standard InChI is InChI=1S/C19H30F3N5S/c1-2-23-18(24-11-17-26-16(13-28-17)19(20,21)22)25-14-7-6-10-27(12-14)15-8-4-3-5-9-15/h13-15H,2-12H2,1H3,(H2,23,24,25). The van der Waals surface area contributed by atoms with Crippen molar-refractivity contribution < 1.29 is 13.2 Å². The molecule has 1 aromatic heterocycles. The molecule has 158 valence electrons. The molecule has 1 aliphatic carbocycles. The lowest BCUT2D eigenvalue weighted by Crippen LogP contribution is -2.53. The van der Waals surface area contributed by atoms with Crippen molar-refractivity contribution in [3.8, 4) is 0 Å². The number of hydrogen-bond acceptors (Lipinski definition) is 4. The molecule has 3 rings (SSSR count). The maximum atomic E-state index is 12.7. The second-order valence-corrected chi connectivity index (χ2v) is 8.53. The zero-order valence-corrected chi connectivity index (χ0v) is 17.2. The Morgan fingerprint density at radius 2 is 2.04 bits per heavy atom. The maximum Gasteiger partial charge on any atom is 0.434 e. The first kappa shape index (κ1) is 21.4. The third-order valence-electron chi connectivity index (χ3n) is 5.44. The van der Waals surface area contributed by atoms with Gasteiger partial charge in [-0.3, -0.25) is 4.90 Å². The fraction of sp³-hybridized carbons (Fsp3) is 0.789. The van der Waals surface area contributed by atoms with Crippen molar-refractivity contribution in [1.29, 1.82) is 0 Å². The molecule has 0 spiro atoms. The molecule has 1 atom stereocenters. The smallest absolute Gasteiger partial charge is 0.357 e. The summed E-state index contributed by atoms with van der Waals surface area (Å²) in [4.78, 5) is 10.7. The lowest BCUT2D eigenvalue weighted by atomic mass is 9.92. The summed E-state index contributed by atoms with van der Waals surface area (Å²) in [5.74, 6) is 0.654. The van der Waals surface area contributed by atoms with Crippen LogP contribution in [-0.4, -0.2) is 47.6 Å². The van der Waals surface area contributed by atoms with Crippen LogP contribution in [0.4, 0.5) is 13.2 Å². The summed E-state index contributed by atoms with van der Waals surface area (Å²) in [6.07, 6.45) is 4.47. The fourth-order valence-corrected chi connectivity index (χ4v) is 4.80. The van der Waals surface area contributed by atoms with E-state index in [0.717, 1.165) is 42.6 Å². The molecule has 28 heavy (non-hydrogen) atoms. The van der Waals surface area contributed by atoms with Gasteiger partial charge < -0.3 is 10.6 Å². The van der Waals surface area contributed by atoms with Crippen LogP contribution < -0.4 is 10.6 Å². The van der Waals surface area contributed by atoms with E-state index in [1.54, 1.807) is 0 Å². The molecule has 5 nitrogen and oxygen atoms in total. The number of alkyl halides is 3. The van der Waals surface area contributed by atoms with Crippen molar-refractivity contribution >= 4 is 17.3 Å². The summed E-state index contributed by atoms with van der Waals surface area (Å²) < 4.78 is 38.1. The molecule has 0 bridgehead atoms. The van der Waals surface area contributed by atoms with Gasteiger partial charge in [-0.2, -0.15) is 13.2 Å². The fourth-order valence-electron chi connectivity index (χ4n) is 4.08. The van der Waals surface area contributed by atoms with Crippen molar-refractivity contribution in [1.82, 2.24) is 20.5 Å². The van der Waals surface area contributed by atoms with Crippen LogP contribution in [0.1, 0.15) is 62.6 Å². The zero-order chi connectivity index (χ0) is 20.0. The van der Waals surface area contributed by atoms with Gasteiger partial charge in [-0.1, -0.05) is 19.3 Å². The van der Waals surface area contributed by atoms with E-state index in [1.165, 1.54) is 32.1 Å². The molecule has 1 unspecified atom stereocenters. The SMILES string of the molecule is CCNC(=NCc1nc(C(F)(F)F)cs1)NC1CCCN(C2CCCCC2)C1. The molecule has 2 aliphatic rings. The number of halogens is 3. The van der Waals surface area contributed by atoms with Crippen LogP contribution in [0, 0.1) is 0 Å². The molecule has 1 aromatic rings. The summed E-state index contributed by atoms with van der Waals surface area (Å²) in [5, 5.41) is 8.11. The van der Waals surface area contributed by atoms with E-state index in [4.69, 9.17) is 0 Å². The van der Waals surface area contributed by atoms with E-state index in [1.807, 2.05) is 6.92 Å². The average Bonchev–Trinajstić information content (AvgIpc) is 3.17. The number of nitrogens with one attached hydrogen (secondary N) is 2. The maximum absolute atomic E-state index is 12.7. The predicted molar refractivity (Wildman–Crippen MR) is 107 cm³/mol. The second-order valence-electron chi connectivity index (χ2n) is 7.59. The minimum Gasteiger partial charge on any atom is -0.357 e. The van der Waals surface area contributed by atoms with Crippen LogP contribution in [0.5, 0.6) is 0 Å². The summed E-state index contributed by atoms with van der Waals surface area (Å²) in [5.41, 5.74) is -0.837. The van der Waals surface area contributed by atoms with E-state index in [-0.39, 0.29) is 6.54 Å².